The van der Waals surface area contributed by atoms with Gasteiger partial charge in [0.2, 0.25) is 10.0 Å². The van der Waals surface area contributed by atoms with E-state index in [-0.39, 0.29) is 15.5 Å². The molecule has 0 bridgehead atoms. The molecule has 104 valence electrons. The number of thioether (sulfide) groups is 1. The van der Waals surface area contributed by atoms with Crippen molar-refractivity contribution in [1.82, 2.24) is 4.31 Å². The first kappa shape index (κ1) is 14.6. The highest BCUT2D eigenvalue weighted by Crippen LogP contribution is 2.24. The minimum atomic E-state index is -3.64. The molecule has 1 aromatic rings. The van der Waals surface area contributed by atoms with Crippen molar-refractivity contribution in [2.75, 3.05) is 24.6 Å². The Kier molecular flexibility index (Phi) is 4.39. The monoisotopic (exact) mass is 321 g/mol. The second-order valence-electron chi connectivity index (χ2n) is 3.96. The standard InChI is InChI=1S/C11H12ClNO4S2/c12-10-2-1-8(7-9(10)11(14)15)19(16,17)13-3-5-18-6-4-13/h1-2,7H,3-6H2,(H,14,15). The van der Waals surface area contributed by atoms with Gasteiger partial charge in [-0.25, -0.2) is 13.2 Å². The summed E-state index contributed by atoms with van der Waals surface area (Å²) in [5, 5.41) is 9.00. The third kappa shape index (κ3) is 3.05. The summed E-state index contributed by atoms with van der Waals surface area (Å²) in [7, 11) is -3.64. The summed E-state index contributed by atoms with van der Waals surface area (Å²) < 4.78 is 26.1. The third-order valence-electron chi connectivity index (χ3n) is 2.78. The predicted molar refractivity (Wildman–Crippen MR) is 74.5 cm³/mol. The van der Waals surface area contributed by atoms with Gasteiger partial charge in [0.25, 0.3) is 0 Å². The van der Waals surface area contributed by atoms with E-state index in [2.05, 4.69) is 0 Å². The smallest absolute Gasteiger partial charge is 0.337 e. The molecule has 0 radical (unpaired) electrons. The molecule has 1 fully saturated rings. The van der Waals surface area contributed by atoms with Crippen LogP contribution in [0.3, 0.4) is 0 Å². The normalized spacial score (nSPS) is 17.3. The number of benzene rings is 1. The van der Waals surface area contributed by atoms with Gasteiger partial charge in [-0.05, 0) is 18.2 Å². The summed E-state index contributed by atoms with van der Waals surface area (Å²) in [6.45, 7) is 0.885. The Bertz CT molecular complexity index is 597. The molecular formula is C11H12ClNO4S2. The molecule has 0 unspecified atom stereocenters. The molecule has 0 spiro atoms. The molecule has 1 aromatic carbocycles. The van der Waals surface area contributed by atoms with E-state index in [1.807, 2.05) is 0 Å². The lowest BCUT2D eigenvalue weighted by molar-refractivity contribution is 0.0697. The Labute approximate surface area is 120 Å². The van der Waals surface area contributed by atoms with Gasteiger partial charge < -0.3 is 5.11 Å². The third-order valence-corrected chi connectivity index (χ3v) is 5.94. The molecule has 0 aromatic heterocycles. The second-order valence-corrected chi connectivity index (χ2v) is 7.53. The number of rotatable bonds is 3. The number of hydrogen-bond acceptors (Lipinski definition) is 4. The number of carboxylic acids is 1. The Morgan fingerprint density at radius 2 is 1.95 bits per heavy atom. The fraction of sp³-hybridized carbons (Fsp3) is 0.364. The maximum Gasteiger partial charge on any atom is 0.337 e. The molecule has 0 amide bonds. The summed E-state index contributed by atoms with van der Waals surface area (Å²) in [5.74, 6) is 0.258. The zero-order chi connectivity index (χ0) is 14.0. The number of sulfonamides is 1. The van der Waals surface area contributed by atoms with Gasteiger partial charge in [-0.1, -0.05) is 11.6 Å². The highest BCUT2D eigenvalue weighted by atomic mass is 35.5. The second kappa shape index (κ2) is 5.70. The number of halogens is 1. The molecule has 2 rings (SSSR count). The minimum Gasteiger partial charge on any atom is -0.478 e. The van der Waals surface area contributed by atoms with E-state index in [1.165, 1.54) is 16.4 Å². The zero-order valence-electron chi connectivity index (χ0n) is 9.87. The lowest BCUT2D eigenvalue weighted by Gasteiger charge is -2.25. The molecule has 1 aliphatic rings. The van der Waals surface area contributed by atoms with Crippen LogP contribution in [0.25, 0.3) is 0 Å². The van der Waals surface area contributed by atoms with Gasteiger partial charge in [0.15, 0.2) is 0 Å². The van der Waals surface area contributed by atoms with Crippen LogP contribution >= 0.6 is 23.4 Å². The molecule has 8 heteroatoms. The van der Waals surface area contributed by atoms with E-state index in [4.69, 9.17) is 16.7 Å². The molecule has 0 saturated carbocycles. The number of aromatic carboxylic acids is 1. The number of carbonyl (C=O) groups is 1. The van der Waals surface area contributed by atoms with Crippen LogP contribution in [-0.4, -0.2) is 48.4 Å². The van der Waals surface area contributed by atoms with Crippen molar-refractivity contribution in [3.05, 3.63) is 28.8 Å². The van der Waals surface area contributed by atoms with E-state index in [0.29, 0.717) is 13.1 Å². The quantitative estimate of drug-likeness (QED) is 0.918. The van der Waals surface area contributed by atoms with Crippen LogP contribution < -0.4 is 0 Å². The predicted octanol–water partition coefficient (Wildman–Crippen LogP) is 1.78. The van der Waals surface area contributed by atoms with E-state index < -0.39 is 16.0 Å². The van der Waals surface area contributed by atoms with E-state index >= 15 is 0 Å². The van der Waals surface area contributed by atoms with Crippen molar-refractivity contribution < 1.29 is 18.3 Å². The Balaban J connectivity index is 2.40. The van der Waals surface area contributed by atoms with Crippen LogP contribution in [0.1, 0.15) is 10.4 Å². The van der Waals surface area contributed by atoms with Gasteiger partial charge in [0.1, 0.15) is 0 Å². The summed E-state index contributed by atoms with van der Waals surface area (Å²) in [4.78, 5) is 11.0. The Hall–Kier alpha value is -0.760. The molecule has 1 saturated heterocycles. The summed E-state index contributed by atoms with van der Waals surface area (Å²) in [6, 6.07) is 3.75. The molecule has 1 aliphatic heterocycles. The maximum atomic E-state index is 12.4. The fourth-order valence-corrected chi connectivity index (χ4v) is 4.57. The first-order valence-corrected chi connectivity index (χ1v) is 8.51. The van der Waals surface area contributed by atoms with Crippen molar-refractivity contribution in [2.24, 2.45) is 0 Å². The SMILES string of the molecule is O=C(O)c1cc(S(=O)(=O)N2CCSCC2)ccc1Cl. The molecule has 5 nitrogen and oxygen atoms in total. The van der Waals surface area contributed by atoms with Crippen LogP contribution in [0.5, 0.6) is 0 Å². The lowest BCUT2D eigenvalue weighted by Crippen LogP contribution is -2.37. The van der Waals surface area contributed by atoms with E-state index in [9.17, 15) is 13.2 Å². The van der Waals surface area contributed by atoms with Crippen LogP contribution in [-0.2, 0) is 10.0 Å². The Morgan fingerprint density at radius 3 is 2.53 bits per heavy atom. The van der Waals surface area contributed by atoms with Crippen molar-refractivity contribution in [1.29, 1.82) is 0 Å². The van der Waals surface area contributed by atoms with E-state index in [0.717, 1.165) is 17.6 Å². The first-order valence-electron chi connectivity index (χ1n) is 5.53. The number of hydrogen-bond donors (Lipinski definition) is 1. The van der Waals surface area contributed by atoms with Gasteiger partial charge in [0.05, 0.1) is 15.5 Å². The summed E-state index contributed by atoms with van der Waals surface area (Å²) >= 11 is 7.43. The molecule has 1 heterocycles. The average Bonchev–Trinajstić information content (AvgIpc) is 2.39. The van der Waals surface area contributed by atoms with Crippen molar-refractivity contribution in [3.63, 3.8) is 0 Å². The van der Waals surface area contributed by atoms with Crippen LogP contribution in [0.4, 0.5) is 0 Å². The highest BCUT2D eigenvalue weighted by Gasteiger charge is 2.27. The van der Waals surface area contributed by atoms with Gasteiger partial charge >= 0.3 is 5.97 Å². The molecule has 1 N–H and O–H groups in total. The van der Waals surface area contributed by atoms with Crippen LogP contribution in [0.2, 0.25) is 5.02 Å². The zero-order valence-corrected chi connectivity index (χ0v) is 12.3. The molecule has 0 aliphatic carbocycles. The molecule has 19 heavy (non-hydrogen) atoms. The van der Waals surface area contributed by atoms with Crippen LogP contribution in [0.15, 0.2) is 23.1 Å². The lowest BCUT2D eigenvalue weighted by atomic mass is 10.2. The fourth-order valence-electron chi connectivity index (χ4n) is 1.76. The number of nitrogens with zero attached hydrogens (tertiary/aromatic N) is 1. The maximum absolute atomic E-state index is 12.4. The van der Waals surface area contributed by atoms with Gasteiger partial charge in [0, 0.05) is 24.6 Å². The van der Waals surface area contributed by atoms with Crippen molar-refractivity contribution >= 4 is 39.4 Å². The topological polar surface area (TPSA) is 74.7 Å². The summed E-state index contributed by atoms with van der Waals surface area (Å²) in [5.41, 5.74) is -0.200. The first-order chi connectivity index (χ1) is 8.93. The van der Waals surface area contributed by atoms with Crippen LogP contribution in [0, 0.1) is 0 Å². The van der Waals surface area contributed by atoms with Crippen molar-refractivity contribution in [2.45, 2.75) is 4.90 Å². The molecule has 0 atom stereocenters. The molecular weight excluding hydrogens is 310 g/mol. The largest absolute Gasteiger partial charge is 0.478 e. The minimum absolute atomic E-state index is 0.0267. The average molecular weight is 322 g/mol. The van der Waals surface area contributed by atoms with Gasteiger partial charge in [-0.15, -0.1) is 0 Å². The highest BCUT2D eigenvalue weighted by molar-refractivity contribution is 7.99. The summed E-state index contributed by atoms with van der Waals surface area (Å²) in [6.07, 6.45) is 0. The van der Waals surface area contributed by atoms with Gasteiger partial charge in [-0.3, -0.25) is 0 Å². The van der Waals surface area contributed by atoms with E-state index in [1.54, 1.807) is 11.8 Å². The Morgan fingerprint density at radius 1 is 1.32 bits per heavy atom. The van der Waals surface area contributed by atoms with Gasteiger partial charge in [-0.2, -0.15) is 16.1 Å². The van der Waals surface area contributed by atoms with Crippen molar-refractivity contribution in [3.8, 4) is 0 Å². The number of carboxylic acid groups (broad SMARTS) is 1.